The smallest absolute Gasteiger partial charge is 0.229 e. The molecule has 1 saturated carbocycles. The fraction of sp³-hybridized carbons (Fsp3) is 0.591. The van der Waals surface area contributed by atoms with Crippen LogP contribution in [0.3, 0.4) is 0 Å². The van der Waals surface area contributed by atoms with E-state index in [2.05, 4.69) is 40.1 Å². The van der Waals surface area contributed by atoms with Gasteiger partial charge in [-0.25, -0.2) is 0 Å². The van der Waals surface area contributed by atoms with E-state index in [1.807, 2.05) is 0 Å². The van der Waals surface area contributed by atoms with Crippen molar-refractivity contribution in [2.75, 3.05) is 24.6 Å². The number of carbonyl (C=O) groups is 1. The van der Waals surface area contributed by atoms with Gasteiger partial charge in [-0.2, -0.15) is 0 Å². The van der Waals surface area contributed by atoms with Gasteiger partial charge in [0.15, 0.2) is 0 Å². The van der Waals surface area contributed by atoms with Crippen LogP contribution in [0.15, 0.2) is 35.9 Å². The molecule has 0 radical (unpaired) electrons. The van der Waals surface area contributed by atoms with Crippen LogP contribution in [-0.4, -0.2) is 71.1 Å². The van der Waals surface area contributed by atoms with Crippen LogP contribution < -0.4 is 4.90 Å². The quantitative estimate of drug-likeness (QED) is 0.432. The van der Waals surface area contributed by atoms with Gasteiger partial charge in [0.2, 0.25) is 5.91 Å². The largest absolute Gasteiger partial charge is 0.373 e. The van der Waals surface area contributed by atoms with Gasteiger partial charge >= 0.3 is 31.8 Å². The first-order valence-electron chi connectivity index (χ1n) is 10.8. The molecular weight excluding hydrogens is 447 g/mol. The number of para-hydroxylation sites is 1. The summed E-state index contributed by atoms with van der Waals surface area (Å²) in [6, 6.07) is 9.64. The summed E-state index contributed by atoms with van der Waals surface area (Å²) in [6.45, 7) is 2.97. The normalized spacial score (nSPS) is 40.2. The van der Waals surface area contributed by atoms with Gasteiger partial charge in [-0.15, -0.1) is 0 Å². The van der Waals surface area contributed by atoms with Gasteiger partial charge in [-0.3, -0.25) is 9.69 Å². The van der Waals surface area contributed by atoms with Gasteiger partial charge in [-0.05, 0) is 36.9 Å². The van der Waals surface area contributed by atoms with Crippen LogP contribution in [0, 0.1) is 11.8 Å². The Morgan fingerprint density at radius 1 is 1.27 bits per heavy atom. The average Bonchev–Trinajstić information content (AvgIpc) is 3.15. The predicted octanol–water partition coefficient (Wildman–Crippen LogP) is 1.06. The van der Waals surface area contributed by atoms with Crippen molar-refractivity contribution in [3.63, 3.8) is 0 Å². The molecule has 8 heteroatoms. The zero-order chi connectivity index (χ0) is 20.8. The van der Waals surface area contributed by atoms with Gasteiger partial charge in [0, 0.05) is 29.6 Å². The molecule has 4 fully saturated rings. The number of hydrogen-bond donors (Lipinski definition) is 2. The summed E-state index contributed by atoms with van der Waals surface area (Å²) >= 11 is -4.12. The molecule has 2 N–H and O–H groups in total. The summed E-state index contributed by atoms with van der Waals surface area (Å²) in [7, 11) is 0. The number of benzene rings is 1. The molecule has 7 nitrogen and oxygen atoms in total. The number of carbonyl (C=O) groups excluding carboxylic acids is 1. The molecule has 6 atom stereocenters. The van der Waals surface area contributed by atoms with Crippen LogP contribution in [0.4, 0.5) is 5.69 Å². The molecular formula is C22H27AsN2O5. The fourth-order valence-electron chi connectivity index (χ4n) is 7.51. The summed E-state index contributed by atoms with van der Waals surface area (Å²) in [5, 5.41) is 0. The van der Waals surface area contributed by atoms with Crippen LogP contribution in [0.25, 0.3) is 0 Å². The topological polar surface area (TPSA) is 90.3 Å². The first-order chi connectivity index (χ1) is 14.3. The number of anilines is 1. The van der Waals surface area contributed by atoms with E-state index in [9.17, 15) is 8.53 Å². The number of rotatable bonds is 0. The van der Waals surface area contributed by atoms with E-state index in [0.717, 1.165) is 12.3 Å². The van der Waals surface area contributed by atoms with E-state index >= 15 is 0 Å². The molecule has 30 heavy (non-hydrogen) atoms. The summed E-state index contributed by atoms with van der Waals surface area (Å²) in [5.41, 5.74) is 5.27. The van der Waals surface area contributed by atoms with Gasteiger partial charge < -0.3 is 9.64 Å². The second kappa shape index (κ2) is 6.33. The Kier molecular flexibility index (Phi) is 4.08. The molecule has 7 rings (SSSR count). The Labute approximate surface area is 178 Å². The third-order valence-electron chi connectivity index (χ3n) is 8.22. The predicted molar refractivity (Wildman–Crippen MR) is 110 cm³/mol. The van der Waals surface area contributed by atoms with E-state index in [1.165, 1.54) is 30.6 Å². The number of amides is 1. The van der Waals surface area contributed by atoms with Crippen LogP contribution in [0.2, 0.25) is 5.71 Å². The van der Waals surface area contributed by atoms with Gasteiger partial charge in [0.25, 0.3) is 0 Å². The fourth-order valence-corrected chi connectivity index (χ4v) is 7.51. The standard InChI is InChI=1S/C21H22N2O2.CH5AsO3/c24-18-10-16-19-13-9-17-21(6-7-22(17)11-12(13)5-8-25-16)14-3-1-2-4-15(14)23(18)20(19)21;1-2(3,4)5/h1-5,13,16-17,19-20H,6-11H2;1H3,(H2,3,4,5)/t13-,16-,17-,19-,20-,21+;/m0./s1. The third kappa shape index (κ3) is 2.50. The monoisotopic (exact) mass is 474 g/mol. The maximum absolute atomic E-state index is 13.2. The molecule has 1 aliphatic carbocycles. The molecule has 1 aromatic rings. The van der Waals surface area contributed by atoms with Crippen molar-refractivity contribution in [1.29, 1.82) is 0 Å². The molecule has 160 valence electrons. The summed E-state index contributed by atoms with van der Waals surface area (Å²) in [5.74, 6) is 1.35. The maximum atomic E-state index is 13.2. The third-order valence-corrected chi connectivity index (χ3v) is 8.22. The molecule has 0 aromatic heterocycles. The van der Waals surface area contributed by atoms with Crippen molar-refractivity contribution in [1.82, 2.24) is 4.90 Å². The Hall–Kier alpha value is -1.37. The minimum atomic E-state index is -4.12. The summed E-state index contributed by atoms with van der Waals surface area (Å²) in [6.07, 6.45) is 5.43. The van der Waals surface area contributed by atoms with Gasteiger partial charge in [0.1, 0.15) is 0 Å². The first-order valence-corrected chi connectivity index (χ1v) is 15.1. The van der Waals surface area contributed by atoms with E-state index in [1.54, 1.807) is 5.57 Å². The molecule has 1 aromatic carbocycles. The molecule has 6 aliphatic rings. The van der Waals surface area contributed by atoms with Crippen molar-refractivity contribution in [3.8, 4) is 0 Å². The number of ether oxygens (including phenoxy) is 1. The Morgan fingerprint density at radius 3 is 2.83 bits per heavy atom. The number of nitrogens with zero attached hydrogens (tertiary/aromatic N) is 2. The van der Waals surface area contributed by atoms with E-state index < -0.39 is 14.2 Å². The Balaban J connectivity index is 0.000000318. The average molecular weight is 474 g/mol. The van der Waals surface area contributed by atoms with Crippen LogP contribution in [-0.2, 0) is 18.7 Å². The minimum Gasteiger partial charge on any atom is -0.373 e. The van der Waals surface area contributed by atoms with E-state index in [-0.39, 0.29) is 17.4 Å². The van der Waals surface area contributed by atoms with E-state index in [0.29, 0.717) is 36.9 Å². The molecule has 5 heterocycles. The SMILES string of the molecule is C[As](=O)(O)O.O=C1C[C@@H]2OCC=C3CN4CC[C@]56c7ccccc7N1[C@H]5[C@H]2[C@H]3C[C@H]46. The summed E-state index contributed by atoms with van der Waals surface area (Å²) in [4.78, 5) is 18.1. The molecule has 3 saturated heterocycles. The second-order valence-corrected chi connectivity index (χ2v) is 13.1. The van der Waals surface area contributed by atoms with Crippen molar-refractivity contribution in [2.45, 2.75) is 48.6 Å². The zero-order valence-corrected chi connectivity index (χ0v) is 18.9. The molecule has 2 bridgehead atoms. The minimum absolute atomic E-state index is 0.104. The van der Waals surface area contributed by atoms with Crippen LogP contribution >= 0.6 is 0 Å². The van der Waals surface area contributed by atoms with Crippen LogP contribution in [0.5, 0.6) is 0 Å². The molecule has 1 amide bonds. The van der Waals surface area contributed by atoms with Gasteiger partial charge in [-0.1, -0.05) is 29.8 Å². The summed E-state index contributed by atoms with van der Waals surface area (Å²) < 4.78 is 31.0. The number of piperidine rings is 2. The second-order valence-electron chi connectivity index (χ2n) is 9.61. The Bertz CT molecular complexity index is 997. The van der Waals surface area contributed by atoms with Gasteiger partial charge in [0.05, 0.1) is 25.2 Å². The number of fused-ring (bicyclic) bond motifs is 2. The first kappa shape index (κ1) is 19.3. The van der Waals surface area contributed by atoms with Crippen molar-refractivity contribution in [2.24, 2.45) is 11.8 Å². The van der Waals surface area contributed by atoms with Crippen molar-refractivity contribution >= 4 is 25.8 Å². The molecule has 0 unspecified atom stereocenters. The van der Waals surface area contributed by atoms with Crippen LogP contribution in [0.1, 0.15) is 24.8 Å². The molecule has 1 spiro atoms. The zero-order valence-electron chi connectivity index (χ0n) is 17.0. The Morgan fingerprint density at radius 2 is 2.03 bits per heavy atom. The molecule has 5 aliphatic heterocycles. The van der Waals surface area contributed by atoms with Crippen molar-refractivity contribution < 1.29 is 21.5 Å². The van der Waals surface area contributed by atoms with Crippen molar-refractivity contribution in [3.05, 3.63) is 41.5 Å². The van der Waals surface area contributed by atoms with E-state index in [4.69, 9.17) is 12.9 Å². The maximum Gasteiger partial charge on any atom is 0.229 e. The number of hydrogen-bond acceptors (Lipinski definition) is 4.